The minimum absolute atomic E-state index is 0.0858. The first-order valence-electron chi connectivity index (χ1n) is 8.63. The van der Waals surface area contributed by atoms with Gasteiger partial charge in [0.05, 0.1) is 17.9 Å². The molecule has 0 bridgehead atoms. The molecule has 1 aromatic rings. The van der Waals surface area contributed by atoms with Gasteiger partial charge in [0, 0.05) is 13.1 Å². The second-order valence-corrected chi connectivity index (χ2v) is 6.70. The van der Waals surface area contributed by atoms with E-state index in [1.165, 1.54) is 12.1 Å². The van der Waals surface area contributed by atoms with Gasteiger partial charge in [0.15, 0.2) is 0 Å². The highest BCUT2D eigenvalue weighted by atomic mass is 19.4. The second kappa shape index (κ2) is 8.42. The number of carbonyl (C=O) groups is 1. The maximum atomic E-state index is 12.8. The van der Waals surface area contributed by atoms with Crippen molar-refractivity contribution >= 4 is 17.5 Å². The molecule has 0 saturated carbocycles. The van der Waals surface area contributed by atoms with Gasteiger partial charge in [-0.15, -0.1) is 5.10 Å². The van der Waals surface area contributed by atoms with E-state index < -0.39 is 17.7 Å². The number of benzene rings is 1. The molecule has 26 heavy (non-hydrogen) atoms. The molecule has 1 N–H and O–H groups in total. The number of rotatable bonds is 3. The lowest BCUT2D eigenvalue weighted by Gasteiger charge is -2.36. The van der Waals surface area contributed by atoms with Crippen LogP contribution in [0.2, 0.25) is 0 Å². The predicted octanol–water partition coefficient (Wildman–Crippen LogP) is 3.97. The van der Waals surface area contributed by atoms with Crippen LogP contribution in [0.25, 0.3) is 0 Å². The van der Waals surface area contributed by atoms with Gasteiger partial charge >= 0.3 is 12.1 Å². The molecular formula is C18H24F3N3O2. The molecule has 1 aliphatic rings. The molecule has 2 rings (SSSR count). The van der Waals surface area contributed by atoms with Gasteiger partial charge in [-0.05, 0) is 43.4 Å². The van der Waals surface area contributed by atoms with Crippen LogP contribution in [0.4, 0.5) is 18.9 Å². The van der Waals surface area contributed by atoms with Gasteiger partial charge in [0.25, 0.3) is 0 Å². The number of hydrogen-bond donors (Lipinski definition) is 1. The Hall–Kier alpha value is -2.25. The van der Waals surface area contributed by atoms with Gasteiger partial charge in [0.1, 0.15) is 0 Å². The van der Waals surface area contributed by atoms with Crippen molar-refractivity contribution in [1.29, 1.82) is 0 Å². The van der Waals surface area contributed by atoms with E-state index >= 15 is 0 Å². The number of hydrogen-bond acceptors (Lipinski definition) is 4. The summed E-state index contributed by atoms with van der Waals surface area (Å²) in [7, 11) is 0. The zero-order valence-electron chi connectivity index (χ0n) is 15.1. The van der Waals surface area contributed by atoms with Crippen LogP contribution in [0, 0.1) is 11.8 Å². The number of piperidine rings is 1. The molecule has 0 aliphatic carbocycles. The zero-order chi connectivity index (χ0) is 19.3. The summed E-state index contributed by atoms with van der Waals surface area (Å²) in [4.78, 5) is 14.1. The molecule has 5 nitrogen and oxygen atoms in total. The van der Waals surface area contributed by atoms with Crippen molar-refractivity contribution in [2.75, 3.05) is 25.1 Å². The third kappa shape index (κ3) is 5.37. The molecule has 1 heterocycles. The van der Waals surface area contributed by atoms with Crippen LogP contribution in [-0.4, -0.2) is 36.4 Å². The van der Waals surface area contributed by atoms with Crippen LogP contribution in [0.1, 0.15) is 32.8 Å². The third-order valence-corrected chi connectivity index (χ3v) is 4.11. The standard InChI is InChI=1S/C18H24F3N3O2/c1-4-26-17(25)16(24-10-12(2)8-13(3)11-24)23-22-15-7-5-6-14(9-15)18(19,20)21/h5-7,9,12-13,22H,4,8,10-11H2,1-3H3/b23-16+/t12-,13+. The number of hydrazone groups is 1. The summed E-state index contributed by atoms with van der Waals surface area (Å²) in [5.41, 5.74) is 1.94. The topological polar surface area (TPSA) is 53.9 Å². The lowest BCUT2D eigenvalue weighted by atomic mass is 9.92. The number of amidine groups is 1. The highest BCUT2D eigenvalue weighted by molar-refractivity contribution is 6.35. The summed E-state index contributed by atoms with van der Waals surface area (Å²) in [5, 5.41) is 4.08. The minimum Gasteiger partial charge on any atom is -0.460 e. The average Bonchev–Trinajstić information content (AvgIpc) is 2.54. The molecule has 0 radical (unpaired) electrons. The minimum atomic E-state index is -4.44. The molecule has 1 aromatic carbocycles. The Morgan fingerprint density at radius 2 is 1.96 bits per heavy atom. The van der Waals surface area contributed by atoms with Crippen LogP contribution in [0.5, 0.6) is 0 Å². The van der Waals surface area contributed by atoms with Crippen LogP contribution in [-0.2, 0) is 15.7 Å². The van der Waals surface area contributed by atoms with Crippen molar-refractivity contribution in [1.82, 2.24) is 4.90 Å². The van der Waals surface area contributed by atoms with Gasteiger partial charge in [-0.25, -0.2) is 4.79 Å². The first-order chi connectivity index (χ1) is 12.2. The predicted molar refractivity (Wildman–Crippen MR) is 93.7 cm³/mol. The van der Waals surface area contributed by atoms with Crippen LogP contribution in [0.3, 0.4) is 0 Å². The highest BCUT2D eigenvalue weighted by Crippen LogP contribution is 2.30. The van der Waals surface area contributed by atoms with Gasteiger partial charge in [-0.3, -0.25) is 5.43 Å². The van der Waals surface area contributed by atoms with Gasteiger partial charge < -0.3 is 9.64 Å². The molecule has 2 atom stereocenters. The van der Waals surface area contributed by atoms with E-state index in [1.807, 2.05) is 4.90 Å². The van der Waals surface area contributed by atoms with E-state index in [0.717, 1.165) is 18.6 Å². The molecule has 1 fully saturated rings. The largest absolute Gasteiger partial charge is 0.460 e. The van der Waals surface area contributed by atoms with E-state index in [1.54, 1.807) is 6.92 Å². The van der Waals surface area contributed by atoms with E-state index in [2.05, 4.69) is 24.4 Å². The first-order valence-corrected chi connectivity index (χ1v) is 8.63. The van der Waals surface area contributed by atoms with E-state index in [-0.39, 0.29) is 18.1 Å². The Labute approximate surface area is 151 Å². The summed E-state index contributed by atoms with van der Waals surface area (Å²) < 4.78 is 43.5. The summed E-state index contributed by atoms with van der Waals surface area (Å²) in [6.45, 7) is 7.35. The number of ether oxygens (including phenoxy) is 1. The van der Waals surface area contributed by atoms with E-state index in [0.29, 0.717) is 24.9 Å². The zero-order valence-corrected chi connectivity index (χ0v) is 15.1. The summed E-state index contributed by atoms with van der Waals surface area (Å²) in [6, 6.07) is 4.68. The monoisotopic (exact) mass is 371 g/mol. The number of likely N-dealkylation sites (tertiary alicyclic amines) is 1. The number of nitrogens with one attached hydrogen (secondary N) is 1. The van der Waals surface area contributed by atoms with Gasteiger partial charge in [-0.2, -0.15) is 13.2 Å². The number of halogens is 3. The van der Waals surface area contributed by atoms with Crippen molar-refractivity contribution < 1.29 is 22.7 Å². The quantitative estimate of drug-likeness (QED) is 0.378. The number of esters is 1. The molecule has 0 unspecified atom stereocenters. The Morgan fingerprint density at radius 1 is 1.31 bits per heavy atom. The number of carbonyl (C=O) groups excluding carboxylic acids is 1. The third-order valence-electron chi connectivity index (χ3n) is 4.11. The first kappa shape index (κ1) is 20.1. The van der Waals surface area contributed by atoms with Crippen molar-refractivity contribution in [3.8, 4) is 0 Å². The molecule has 0 spiro atoms. The molecular weight excluding hydrogens is 347 g/mol. The maximum absolute atomic E-state index is 12.8. The Bertz CT molecular complexity index is 651. The molecule has 1 aliphatic heterocycles. The number of nitrogens with zero attached hydrogens (tertiary/aromatic N) is 2. The number of anilines is 1. The fourth-order valence-electron chi connectivity index (χ4n) is 3.16. The van der Waals surface area contributed by atoms with Gasteiger partial charge in [0.2, 0.25) is 5.84 Å². The van der Waals surface area contributed by atoms with Crippen molar-refractivity contribution in [2.24, 2.45) is 16.9 Å². The smallest absolute Gasteiger partial charge is 0.416 e. The summed E-state index contributed by atoms with van der Waals surface area (Å²) in [6.07, 6.45) is -3.39. The molecule has 144 valence electrons. The Morgan fingerprint density at radius 3 is 2.54 bits per heavy atom. The van der Waals surface area contributed by atoms with Crippen molar-refractivity contribution in [3.63, 3.8) is 0 Å². The molecule has 0 amide bonds. The fraction of sp³-hybridized carbons (Fsp3) is 0.556. The summed E-state index contributed by atoms with van der Waals surface area (Å²) in [5.74, 6) is 0.259. The molecule has 8 heteroatoms. The lowest BCUT2D eigenvalue weighted by molar-refractivity contribution is -0.138. The SMILES string of the molecule is CCOC(=O)/C(=N\Nc1cccc(C(F)(F)F)c1)N1C[C@H](C)C[C@H](C)C1. The lowest BCUT2D eigenvalue weighted by Crippen LogP contribution is -2.46. The maximum Gasteiger partial charge on any atom is 0.416 e. The molecule has 1 saturated heterocycles. The van der Waals surface area contributed by atoms with Gasteiger partial charge in [-0.1, -0.05) is 19.9 Å². The fourth-order valence-corrected chi connectivity index (χ4v) is 3.16. The van der Waals surface area contributed by atoms with Crippen LogP contribution in [0.15, 0.2) is 29.4 Å². The molecule has 0 aromatic heterocycles. The van der Waals surface area contributed by atoms with E-state index in [4.69, 9.17) is 4.74 Å². The van der Waals surface area contributed by atoms with Crippen molar-refractivity contribution in [2.45, 2.75) is 33.4 Å². The summed E-state index contributed by atoms with van der Waals surface area (Å²) >= 11 is 0. The second-order valence-electron chi connectivity index (χ2n) is 6.70. The Balaban J connectivity index is 2.24. The average molecular weight is 371 g/mol. The Kier molecular flexibility index (Phi) is 6.50. The number of alkyl halides is 3. The normalized spacial score (nSPS) is 21.5. The van der Waals surface area contributed by atoms with Crippen LogP contribution < -0.4 is 5.43 Å². The highest BCUT2D eigenvalue weighted by Gasteiger charge is 2.31. The van der Waals surface area contributed by atoms with Crippen LogP contribution >= 0.6 is 0 Å². The van der Waals surface area contributed by atoms with E-state index in [9.17, 15) is 18.0 Å². The van der Waals surface area contributed by atoms with Crippen molar-refractivity contribution in [3.05, 3.63) is 29.8 Å².